The summed E-state index contributed by atoms with van der Waals surface area (Å²) in [7, 11) is -1.71. The highest BCUT2D eigenvalue weighted by molar-refractivity contribution is 7.90. The van der Waals surface area contributed by atoms with Crippen LogP contribution in [0.2, 0.25) is 0 Å². The van der Waals surface area contributed by atoms with Gasteiger partial charge in [0.05, 0.1) is 18.5 Å². The molecule has 2 heterocycles. The summed E-state index contributed by atoms with van der Waals surface area (Å²) in [6.07, 6.45) is 4.55. The number of methoxy groups -OCH3 is 1. The zero-order valence-corrected chi connectivity index (χ0v) is 13.2. The van der Waals surface area contributed by atoms with Crippen LogP contribution >= 0.6 is 0 Å². The molecule has 8 heteroatoms. The molecule has 0 aliphatic carbocycles. The van der Waals surface area contributed by atoms with Crippen molar-refractivity contribution in [1.82, 2.24) is 15.3 Å². The van der Waals surface area contributed by atoms with Crippen LogP contribution in [-0.2, 0) is 14.6 Å². The average molecular weight is 314 g/mol. The van der Waals surface area contributed by atoms with Gasteiger partial charge in [-0.25, -0.2) is 18.4 Å². The maximum atomic E-state index is 11.9. The van der Waals surface area contributed by atoms with E-state index in [4.69, 9.17) is 4.74 Å². The van der Waals surface area contributed by atoms with E-state index in [2.05, 4.69) is 20.6 Å². The average Bonchev–Trinajstić information content (AvgIpc) is 2.47. The first-order valence-electron chi connectivity index (χ1n) is 7.03. The number of sulfone groups is 1. The third-order valence-corrected chi connectivity index (χ3v) is 4.57. The number of hydrogen-bond acceptors (Lipinski definition) is 7. The van der Waals surface area contributed by atoms with Crippen molar-refractivity contribution in [2.45, 2.75) is 23.7 Å². The molecule has 1 aromatic rings. The van der Waals surface area contributed by atoms with Crippen molar-refractivity contribution < 1.29 is 13.2 Å². The topological polar surface area (TPSA) is 93.2 Å². The Morgan fingerprint density at radius 1 is 1.52 bits per heavy atom. The van der Waals surface area contributed by atoms with Crippen molar-refractivity contribution in [3.63, 3.8) is 0 Å². The Bertz CT molecular complexity index is 571. The maximum absolute atomic E-state index is 11.9. The van der Waals surface area contributed by atoms with Crippen LogP contribution in [0.5, 0.6) is 0 Å². The molecule has 1 aromatic heterocycles. The summed E-state index contributed by atoms with van der Waals surface area (Å²) in [5.74, 6) is 0.550. The lowest BCUT2D eigenvalue weighted by Crippen LogP contribution is -2.30. The smallest absolute Gasteiger partial charge is 0.223 e. The second-order valence-corrected chi connectivity index (χ2v) is 7.16. The summed E-state index contributed by atoms with van der Waals surface area (Å²) in [6.45, 7) is 2.83. The highest BCUT2D eigenvalue weighted by Gasteiger charge is 2.25. The van der Waals surface area contributed by atoms with Gasteiger partial charge < -0.3 is 15.4 Å². The molecule has 0 aromatic carbocycles. The van der Waals surface area contributed by atoms with Gasteiger partial charge in [-0.3, -0.25) is 0 Å². The molecule has 118 valence electrons. The fourth-order valence-electron chi connectivity index (χ4n) is 2.40. The highest BCUT2D eigenvalue weighted by atomic mass is 32.2. The zero-order valence-electron chi connectivity index (χ0n) is 12.4. The number of nitrogens with one attached hydrogen (secondary N) is 2. The van der Waals surface area contributed by atoms with E-state index in [0.717, 1.165) is 25.9 Å². The van der Waals surface area contributed by atoms with Crippen LogP contribution in [0.25, 0.3) is 0 Å². The Kier molecular flexibility index (Phi) is 5.49. The van der Waals surface area contributed by atoms with Crippen LogP contribution in [0.4, 0.5) is 5.95 Å². The number of anilines is 1. The fraction of sp³-hybridized carbons (Fsp3) is 0.692. The molecule has 1 saturated heterocycles. The van der Waals surface area contributed by atoms with Gasteiger partial charge in [-0.1, -0.05) is 0 Å². The van der Waals surface area contributed by atoms with Crippen LogP contribution in [-0.4, -0.2) is 58.0 Å². The first kappa shape index (κ1) is 16.1. The summed E-state index contributed by atoms with van der Waals surface area (Å²) in [5.41, 5.74) is 0.611. The molecule has 7 nitrogen and oxygen atoms in total. The molecule has 0 unspecified atom stereocenters. The van der Waals surface area contributed by atoms with Crippen molar-refractivity contribution >= 4 is 15.8 Å². The largest absolute Gasteiger partial charge is 0.383 e. The normalized spacial score (nSPS) is 19.4. The van der Waals surface area contributed by atoms with Gasteiger partial charge in [-0.2, -0.15) is 0 Å². The number of aromatic nitrogens is 2. The Labute approximate surface area is 125 Å². The predicted molar refractivity (Wildman–Crippen MR) is 80.4 cm³/mol. The molecule has 0 spiro atoms. The molecule has 0 amide bonds. The fourth-order valence-corrected chi connectivity index (χ4v) is 3.23. The molecule has 0 bridgehead atoms. The lowest BCUT2D eigenvalue weighted by molar-refractivity contribution is 0.210. The second kappa shape index (κ2) is 7.15. The lowest BCUT2D eigenvalue weighted by Gasteiger charge is -2.24. The summed E-state index contributed by atoms with van der Waals surface area (Å²) >= 11 is 0. The first-order chi connectivity index (χ1) is 10.0. The van der Waals surface area contributed by atoms with Crippen molar-refractivity contribution in [2.24, 2.45) is 0 Å². The molecule has 1 aliphatic rings. The Morgan fingerprint density at radius 2 is 2.33 bits per heavy atom. The monoisotopic (exact) mass is 314 g/mol. The van der Waals surface area contributed by atoms with E-state index >= 15 is 0 Å². The summed E-state index contributed by atoms with van der Waals surface area (Å²) in [5, 5.41) is 6.33. The van der Waals surface area contributed by atoms with Crippen molar-refractivity contribution in [1.29, 1.82) is 0 Å². The van der Waals surface area contributed by atoms with Crippen molar-refractivity contribution in [2.75, 3.05) is 44.9 Å². The number of nitrogens with zero attached hydrogens (tertiary/aromatic N) is 2. The first-order valence-corrected chi connectivity index (χ1v) is 8.92. The van der Waals surface area contributed by atoms with E-state index < -0.39 is 9.84 Å². The van der Waals surface area contributed by atoms with Gasteiger partial charge in [0.1, 0.15) is 4.90 Å². The number of piperidine rings is 1. The van der Waals surface area contributed by atoms with E-state index in [-0.39, 0.29) is 10.8 Å². The maximum Gasteiger partial charge on any atom is 0.223 e. The zero-order chi connectivity index (χ0) is 15.3. The van der Waals surface area contributed by atoms with Crippen LogP contribution in [0.1, 0.15) is 24.5 Å². The van der Waals surface area contributed by atoms with E-state index in [1.165, 1.54) is 12.5 Å². The number of ether oxygens (including phenoxy) is 1. The Morgan fingerprint density at radius 3 is 2.95 bits per heavy atom. The standard InChI is InChI=1S/C13H22N4O3S/c1-20-7-6-15-13-16-9-11(21(2,18)19)12(17-13)10-4-3-5-14-8-10/h9-10,14H,3-8H2,1-2H3,(H,15,16,17)/t10-/m1/s1. The molecule has 1 atom stereocenters. The van der Waals surface area contributed by atoms with Crippen LogP contribution < -0.4 is 10.6 Å². The summed E-state index contributed by atoms with van der Waals surface area (Å²) in [6, 6.07) is 0. The minimum Gasteiger partial charge on any atom is -0.383 e. The van der Waals surface area contributed by atoms with Gasteiger partial charge >= 0.3 is 0 Å². The van der Waals surface area contributed by atoms with Crippen molar-refractivity contribution in [3.8, 4) is 0 Å². The molecular weight excluding hydrogens is 292 g/mol. The molecule has 2 N–H and O–H groups in total. The van der Waals surface area contributed by atoms with Gasteiger partial charge in [0, 0.05) is 32.4 Å². The van der Waals surface area contributed by atoms with Crippen LogP contribution in [0.15, 0.2) is 11.1 Å². The van der Waals surface area contributed by atoms with E-state index in [1.54, 1.807) is 7.11 Å². The van der Waals surface area contributed by atoms with Gasteiger partial charge in [-0.05, 0) is 19.4 Å². The molecule has 2 rings (SSSR count). The minimum absolute atomic E-state index is 0.106. The third kappa shape index (κ3) is 4.36. The molecule has 0 radical (unpaired) electrons. The minimum atomic E-state index is -3.33. The quantitative estimate of drug-likeness (QED) is 0.734. The summed E-state index contributed by atoms with van der Waals surface area (Å²) in [4.78, 5) is 8.76. The molecule has 0 saturated carbocycles. The van der Waals surface area contributed by atoms with Crippen LogP contribution in [0.3, 0.4) is 0 Å². The third-order valence-electron chi connectivity index (χ3n) is 3.46. The van der Waals surface area contributed by atoms with Gasteiger partial charge in [0.15, 0.2) is 9.84 Å². The van der Waals surface area contributed by atoms with Gasteiger partial charge in [0.25, 0.3) is 0 Å². The van der Waals surface area contributed by atoms with E-state index in [1.807, 2.05) is 0 Å². The van der Waals surface area contributed by atoms with Gasteiger partial charge in [-0.15, -0.1) is 0 Å². The Balaban J connectivity index is 2.29. The number of rotatable bonds is 6. The molecule has 1 aliphatic heterocycles. The highest BCUT2D eigenvalue weighted by Crippen LogP contribution is 2.27. The van der Waals surface area contributed by atoms with Gasteiger partial charge in [0.2, 0.25) is 5.95 Å². The predicted octanol–water partition coefficient (Wildman–Crippen LogP) is 0.405. The SMILES string of the molecule is COCCNc1ncc(S(C)(=O)=O)c([C@@H]2CCCNC2)n1. The lowest BCUT2D eigenvalue weighted by atomic mass is 9.96. The van der Waals surface area contributed by atoms with E-state index in [9.17, 15) is 8.42 Å². The number of hydrogen-bond donors (Lipinski definition) is 2. The molecule has 21 heavy (non-hydrogen) atoms. The van der Waals surface area contributed by atoms with Crippen molar-refractivity contribution in [3.05, 3.63) is 11.9 Å². The second-order valence-electron chi connectivity index (χ2n) is 5.18. The Hall–Kier alpha value is -1.25. The summed E-state index contributed by atoms with van der Waals surface area (Å²) < 4.78 is 28.8. The molecule has 1 fully saturated rings. The van der Waals surface area contributed by atoms with E-state index in [0.29, 0.717) is 24.8 Å². The van der Waals surface area contributed by atoms with Crippen LogP contribution in [0, 0.1) is 0 Å². The molecular formula is C13H22N4O3S.